The highest BCUT2D eigenvalue weighted by atomic mass is 32.2. The third-order valence-electron chi connectivity index (χ3n) is 4.22. The number of nitrogens with zero attached hydrogens (tertiary/aromatic N) is 3. The van der Waals surface area contributed by atoms with E-state index in [1.165, 1.54) is 17.8 Å². The molecule has 0 aliphatic carbocycles. The molecule has 1 aromatic carbocycles. The molecule has 2 aromatic heterocycles. The minimum Gasteiger partial charge on any atom is -0.469 e. The van der Waals surface area contributed by atoms with Crippen LogP contribution < -0.4 is 5.32 Å². The molecule has 0 aliphatic rings. The summed E-state index contributed by atoms with van der Waals surface area (Å²) >= 11 is 1.31. The lowest BCUT2D eigenvalue weighted by atomic mass is 10.2. The first-order valence-electron chi connectivity index (χ1n) is 8.62. The van der Waals surface area contributed by atoms with Crippen LogP contribution in [-0.4, -0.2) is 25.9 Å². The Morgan fingerprint density at radius 1 is 1.33 bits per heavy atom. The number of carbonyl (C=O) groups is 1. The topological polar surface area (TPSA) is 73.0 Å². The van der Waals surface area contributed by atoms with Crippen LogP contribution in [0.15, 0.2) is 40.1 Å². The molecule has 1 N–H and O–H groups in total. The van der Waals surface area contributed by atoms with E-state index in [0.29, 0.717) is 28.8 Å². The zero-order chi connectivity index (χ0) is 19.6. The summed E-state index contributed by atoms with van der Waals surface area (Å²) in [6.07, 6.45) is 1.61. The van der Waals surface area contributed by atoms with E-state index in [9.17, 15) is 9.18 Å². The number of carbonyl (C=O) groups excluding carboxylic acids is 1. The van der Waals surface area contributed by atoms with E-state index in [1.807, 2.05) is 24.5 Å². The fraction of sp³-hybridized carbons (Fsp3) is 0.316. The Balaban J connectivity index is 1.74. The molecule has 8 heteroatoms. The second-order valence-electron chi connectivity index (χ2n) is 6.15. The van der Waals surface area contributed by atoms with Gasteiger partial charge in [0, 0.05) is 12.2 Å². The average Bonchev–Trinajstić information content (AvgIpc) is 3.23. The van der Waals surface area contributed by atoms with Gasteiger partial charge < -0.3 is 14.3 Å². The number of amides is 1. The molecule has 0 fully saturated rings. The predicted molar refractivity (Wildman–Crippen MR) is 103 cm³/mol. The number of halogens is 1. The average molecular weight is 388 g/mol. The molecule has 1 atom stereocenters. The molecule has 0 saturated carbocycles. The van der Waals surface area contributed by atoms with Crippen LogP contribution in [0.1, 0.15) is 25.2 Å². The molecule has 0 unspecified atom stereocenters. The molecular weight excluding hydrogens is 367 g/mol. The first kappa shape index (κ1) is 19.2. The Kier molecular flexibility index (Phi) is 5.65. The summed E-state index contributed by atoms with van der Waals surface area (Å²) in [5.41, 5.74) is 1.85. The van der Waals surface area contributed by atoms with E-state index in [1.54, 1.807) is 32.2 Å². The van der Waals surface area contributed by atoms with Gasteiger partial charge in [0.15, 0.2) is 11.0 Å². The van der Waals surface area contributed by atoms with Crippen molar-refractivity contribution in [2.45, 2.75) is 44.6 Å². The van der Waals surface area contributed by atoms with Gasteiger partial charge in [-0.1, -0.05) is 17.8 Å². The van der Waals surface area contributed by atoms with Crippen molar-refractivity contribution in [3.63, 3.8) is 0 Å². The number of nitrogens with one attached hydrogen (secondary N) is 1. The van der Waals surface area contributed by atoms with Crippen LogP contribution in [0.3, 0.4) is 0 Å². The van der Waals surface area contributed by atoms with Gasteiger partial charge in [-0.25, -0.2) is 4.39 Å². The van der Waals surface area contributed by atoms with Crippen molar-refractivity contribution in [3.05, 3.63) is 47.7 Å². The van der Waals surface area contributed by atoms with Gasteiger partial charge in [-0.05, 0) is 51.5 Å². The molecule has 0 saturated heterocycles. The van der Waals surface area contributed by atoms with Crippen LogP contribution in [0.25, 0.3) is 11.4 Å². The highest BCUT2D eigenvalue weighted by Crippen LogP contribution is 2.29. The van der Waals surface area contributed by atoms with Crippen molar-refractivity contribution in [2.24, 2.45) is 0 Å². The van der Waals surface area contributed by atoms with Crippen molar-refractivity contribution in [1.29, 1.82) is 0 Å². The van der Waals surface area contributed by atoms with Crippen molar-refractivity contribution < 1.29 is 13.6 Å². The molecule has 0 bridgehead atoms. The number of furan rings is 1. The Labute approximate surface area is 161 Å². The number of hydrogen-bond acceptors (Lipinski definition) is 5. The molecular formula is C19H21FN4O2S. The zero-order valence-corrected chi connectivity index (χ0v) is 16.4. The van der Waals surface area contributed by atoms with Gasteiger partial charge in [0.25, 0.3) is 0 Å². The first-order chi connectivity index (χ1) is 12.9. The molecule has 142 valence electrons. The van der Waals surface area contributed by atoms with Crippen LogP contribution in [0, 0.1) is 19.7 Å². The molecule has 27 heavy (non-hydrogen) atoms. The summed E-state index contributed by atoms with van der Waals surface area (Å²) in [4.78, 5) is 12.5. The Hall–Kier alpha value is -2.61. The van der Waals surface area contributed by atoms with Crippen molar-refractivity contribution in [1.82, 2.24) is 14.8 Å². The normalized spacial score (nSPS) is 12.2. The van der Waals surface area contributed by atoms with Crippen molar-refractivity contribution in [3.8, 4) is 11.4 Å². The predicted octanol–water partition coefficient (Wildman–Crippen LogP) is 4.43. The van der Waals surface area contributed by atoms with E-state index in [0.717, 1.165) is 11.3 Å². The summed E-state index contributed by atoms with van der Waals surface area (Å²) in [5.74, 6) is 0.897. The number of thioether (sulfide) groups is 1. The van der Waals surface area contributed by atoms with E-state index >= 15 is 0 Å². The van der Waals surface area contributed by atoms with Crippen LogP contribution >= 0.6 is 11.8 Å². The van der Waals surface area contributed by atoms with Gasteiger partial charge in [0.2, 0.25) is 5.91 Å². The quantitative estimate of drug-likeness (QED) is 0.632. The summed E-state index contributed by atoms with van der Waals surface area (Å²) in [6.45, 7) is 7.98. The molecule has 1 amide bonds. The van der Waals surface area contributed by atoms with Crippen LogP contribution in [0.2, 0.25) is 0 Å². The number of rotatable bonds is 6. The SMILES string of the molecule is CCn1c(S[C@H](C)C(=O)Nc2ccc(C)c(F)c2)nnc1-c1ccoc1C. The Morgan fingerprint density at radius 3 is 2.74 bits per heavy atom. The number of aryl methyl sites for hydroxylation is 2. The zero-order valence-electron chi connectivity index (χ0n) is 15.6. The summed E-state index contributed by atoms with van der Waals surface area (Å²) in [6, 6.07) is 6.49. The van der Waals surface area contributed by atoms with Crippen LogP contribution in [-0.2, 0) is 11.3 Å². The van der Waals surface area contributed by atoms with Gasteiger partial charge in [-0.3, -0.25) is 4.79 Å². The molecule has 0 aliphatic heterocycles. The summed E-state index contributed by atoms with van der Waals surface area (Å²) in [5, 5.41) is 11.4. The number of aromatic nitrogens is 3. The molecule has 3 aromatic rings. The summed E-state index contributed by atoms with van der Waals surface area (Å²) in [7, 11) is 0. The maximum Gasteiger partial charge on any atom is 0.237 e. The van der Waals surface area contributed by atoms with Gasteiger partial charge in [-0.15, -0.1) is 10.2 Å². The lowest BCUT2D eigenvalue weighted by Crippen LogP contribution is -2.23. The fourth-order valence-electron chi connectivity index (χ4n) is 2.60. The largest absolute Gasteiger partial charge is 0.469 e. The van der Waals surface area contributed by atoms with E-state index in [2.05, 4.69) is 15.5 Å². The lowest BCUT2D eigenvalue weighted by molar-refractivity contribution is -0.115. The van der Waals surface area contributed by atoms with Crippen LogP contribution in [0.4, 0.5) is 10.1 Å². The number of benzene rings is 1. The number of hydrogen-bond donors (Lipinski definition) is 1. The molecule has 0 radical (unpaired) electrons. The van der Waals surface area contributed by atoms with Crippen molar-refractivity contribution >= 4 is 23.4 Å². The molecule has 6 nitrogen and oxygen atoms in total. The maximum absolute atomic E-state index is 13.7. The fourth-order valence-corrected chi connectivity index (χ4v) is 3.52. The Bertz CT molecular complexity index is 967. The van der Waals surface area contributed by atoms with Gasteiger partial charge in [-0.2, -0.15) is 0 Å². The van der Waals surface area contributed by atoms with Crippen LogP contribution in [0.5, 0.6) is 0 Å². The third kappa shape index (κ3) is 4.05. The van der Waals surface area contributed by atoms with Gasteiger partial charge in [0.1, 0.15) is 11.6 Å². The maximum atomic E-state index is 13.7. The smallest absolute Gasteiger partial charge is 0.237 e. The summed E-state index contributed by atoms with van der Waals surface area (Å²) < 4.78 is 21.0. The highest BCUT2D eigenvalue weighted by molar-refractivity contribution is 8.00. The van der Waals surface area contributed by atoms with Gasteiger partial charge >= 0.3 is 0 Å². The minimum absolute atomic E-state index is 0.227. The second kappa shape index (κ2) is 7.96. The molecule has 0 spiro atoms. The van der Waals surface area contributed by atoms with E-state index < -0.39 is 5.25 Å². The molecule has 2 heterocycles. The Morgan fingerprint density at radius 2 is 2.11 bits per heavy atom. The first-order valence-corrected chi connectivity index (χ1v) is 9.50. The molecule has 3 rings (SSSR count). The lowest BCUT2D eigenvalue weighted by Gasteiger charge is -2.13. The van der Waals surface area contributed by atoms with Crippen molar-refractivity contribution in [2.75, 3.05) is 5.32 Å². The minimum atomic E-state index is -0.429. The van der Waals surface area contributed by atoms with E-state index in [4.69, 9.17) is 4.42 Å². The second-order valence-corrected chi connectivity index (χ2v) is 7.46. The number of anilines is 1. The highest BCUT2D eigenvalue weighted by Gasteiger charge is 2.21. The van der Waals surface area contributed by atoms with Gasteiger partial charge in [0.05, 0.1) is 17.1 Å². The monoisotopic (exact) mass is 388 g/mol. The standard InChI is InChI=1S/C19H21FN4O2S/c1-5-24-17(15-8-9-26-12(15)3)22-23-19(24)27-13(4)18(25)21-14-7-6-11(2)16(20)10-14/h6-10,13H,5H2,1-4H3,(H,21,25)/t13-/m1/s1. The third-order valence-corrected chi connectivity index (χ3v) is 5.30. The van der Waals surface area contributed by atoms with E-state index in [-0.39, 0.29) is 11.7 Å².